The molecule has 2 N–H and O–H groups in total. The van der Waals surface area contributed by atoms with E-state index >= 15 is 0 Å². The van der Waals surface area contributed by atoms with Crippen LogP contribution in [0.15, 0.2) is 29.2 Å². The van der Waals surface area contributed by atoms with Gasteiger partial charge in [0.25, 0.3) is 0 Å². The predicted molar refractivity (Wildman–Crippen MR) is 81.4 cm³/mol. The van der Waals surface area contributed by atoms with Crippen LogP contribution in [0.5, 0.6) is 0 Å². The highest BCUT2D eigenvalue weighted by atomic mass is 32.2. The van der Waals surface area contributed by atoms with Gasteiger partial charge < -0.3 is 10.4 Å². The second kappa shape index (κ2) is 8.24. The molecule has 5 nitrogen and oxygen atoms in total. The summed E-state index contributed by atoms with van der Waals surface area (Å²) in [5.74, 6) is 0. The van der Waals surface area contributed by atoms with E-state index in [0.717, 1.165) is 25.1 Å². The van der Waals surface area contributed by atoms with Crippen LogP contribution in [0.4, 0.5) is 5.69 Å². The van der Waals surface area contributed by atoms with Crippen LogP contribution in [-0.4, -0.2) is 44.1 Å². The smallest absolute Gasteiger partial charge is 0.243 e. The average molecular weight is 300 g/mol. The van der Waals surface area contributed by atoms with E-state index in [1.165, 1.54) is 4.31 Å². The largest absolute Gasteiger partial charge is 0.395 e. The van der Waals surface area contributed by atoms with Gasteiger partial charge in [-0.15, -0.1) is 0 Å². The second-order valence-electron chi connectivity index (χ2n) is 4.58. The molecule has 0 spiro atoms. The van der Waals surface area contributed by atoms with E-state index < -0.39 is 10.0 Å². The molecule has 0 atom stereocenters. The molecule has 0 bridgehead atoms. The Morgan fingerprint density at radius 2 is 1.75 bits per heavy atom. The molecule has 0 heterocycles. The number of aliphatic hydroxyl groups is 1. The Morgan fingerprint density at radius 3 is 2.25 bits per heavy atom. The van der Waals surface area contributed by atoms with Gasteiger partial charge in [-0.3, -0.25) is 0 Å². The maximum Gasteiger partial charge on any atom is 0.243 e. The zero-order chi connectivity index (χ0) is 15.0. The molecular formula is C14H24N2O3S. The number of hydrogen-bond donors (Lipinski definition) is 2. The van der Waals surface area contributed by atoms with Gasteiger partial charge >= 0.3 is 0 Å². The molecule has 0 aromatic heterocycles. The number of benzene rings is 1. The molecule has 0 saturated carbocycles. The molecule has 0 fully saturated rings. The summed E-state index contributed by atoms with van der Waals surface area (Å²) in [4.78, 5) is 0.265. The molecule has 6 heteroatoms. The molecule has 0 unspecified atom stereocenters. The van der Waals surface area contributed by atoms with Crippen molar-refractivity contribution in [3.8, 4) is 0 Å². The number of aliphatic hydroxyl groups excluding tert-OH is 1. The first-order valence-corrected chi connectivity index (χ1v) is 8.45. The normalized spacial score (nSPS) is 11.8. The van der Waals surface area contributed by atoms with Crippen LogP contribution in [0, 0.1) is 0 Å². The predicted octanol–water partition coefficient (Wildman–Crippen LogP) is 1.90. The molecule has 0 saturated heterocycles. The third kappa shape index (κ3) is 4.47. The van der Waals surface area contributed by atoms with Gasteiger partial charge in [-0.25, -0.2) is 8.42 Å². The van der Waals surface area contributed by atoms with Gasteiger partial charge in [0.1, 0.15) is 0 Å². The van der Waals surface area contributed by atoms with Crippen molar-refractivity contribution in [1.82, 2.24) is 4.31 Å². The van der Waals surface area contributed by atoms with Gasteiger partial charge in [-0.1, -0.05) is 13.8 Å². The van der Waals surface area contributed by atoms with Crippen LogP contribution in [0.1, 0.15) is 26.7 Å². The minimum atomic E-state index is -3.52. The topological polar surface area (TPSA) is 69.6 Å². The number of nitrogens with zero attached hydrogens (tertiary/aromatic N) is 1. The summed E-state index contributed by atoms with van der Waals surface area (Å²) in [7, 11) is -3.52. The van der Waals surface area contributed by atoms with E-state index in [2.05, 4.69) is 12.2 Å². The van der Waals surface area contributed by atoms with Gasteiger partial charge in [-0.05, 0) is 37.1 Å². The Hall–Kier alpha value is -1.11. The van der Waals surface area contributed by atoms with Crippen molar-refractivity contribution in [3.05, 3.63) is 24.3 Å². The number of sulfonamides is 1. The van der Waals surface area contributed by atoms with E-state index in [9.17, 15) is 8.42 Å². The van der Waals surface area contributed by atoms with E-state index in [0.29, 0.717) is 6.54 Å². The van der Waals surface area contributed by atoms with Crippen LogP contribution >= 0.6 is 0 Å². The number of nitrogens with one attached hydrogen (secondary N) is 1. The monoisotopic (exact) mass is 300 g/mol. The number of hydrogen-bond acceptors (Lipinski definition) is 4. The fourth-order valence-electron chi connectivity index (χ4n) is 1.88. The summed E-state index contributed by atoms with van der Waals surface area (Å²) in [6.07, 6.45) is 1.73. The first-order chi connectivity index (χ1) is 9.56. The summed E-state index contributed by atoms with van der Waals surface area (Å²) < 4.78 is 26.2. The minimum Gasteiger partial charge on any atom is -0.395 e. The fourth-order valence-corrected chi connectivity index (χ4v) is 3.40. The quantitative estimate of drug-likeness (QED) is 0.731. The zero-order valence-electron chi connectivity index (χ0n) is 12.2. The van der Waals surface area contributed by atoms with E-state index in [-0.39, 0.29) is 18.0 Å². The molecule has 1 aromatic rings. The van der Waals surface area contributed by atoms with E-state index in [4.69, 9.17) is 5.11 Å². The number of rotatable bonds is 9. The summed E-state index contributed by atoms with van der Waals surface area (Å²) >= 11 is 0. The molecule has 0 radical (unpaired) electrons. The van der Waals surface area contributed by atoms with Gasteiger partial charge in [0, 0.05) is 25.3 Å². The maximum absolute atomic E-state index is 12.4. The van der Waals surface area contributed by atoms with Gasteiger partial charge in [-0.2, -0.15) is 4.31 Å². The first-order valence-electron chi connectivity index (χ1n) is 7.01. The summed E-state index contributed by atoms with van der Waals surface area (Å²) in [6, 6.07) is 6.75. The molecule has 0 aliphatic heterocycles. The summed E-state index contributed by atoms with van der Waals surface area (Å²) in [5, 5.41) is 12.2. The Morgan fingerprint density at radius 1 is 1.10 bits per heavy atom. The molecule has 0 amide bonds. The molecule has 1 rings (SSSR count). The SMILES string of the molecule is CCCNc1ccc(S(=O)(=O)N(CCC)CCO)cc1. The first kappa shape index (κ1) is 16.9. The minimum absolute atomic E-state index is 0.131. The van der Waals surface area contributed by atoms with Crippen molar-refractivity contribution in [2.45, 2.75) is 31.6 Å². The molecular weight excluding hydrogens is 276 g/mol. The van der Waals surface area contributed by atoms with Gasteiger partial charge in [0.05, 0.1) is 11.5 Å². The number of anilines is 1. The third-order valence-electron chi connectivity index (χ3n) is 2.89. The Labute approximate surface area is 121 Å². The van der Waals surface area contributed by atoms with Crippen LogP contribution < -0.4 is 5.32 Å². The highest BCUT2D eigenvalue weighted by molar-refractivity contribution is 7.89. The summed E-state index contributed by atoms with van der Waals surface area (Å²) in [6.45, 7) is 5.22. The lowest BCUT2D eigenvalue weighted by molar-refractivity contribution is 0.253. The molecule has 0 aliphatic rings. The lowest BCUT2D eigenvalue weighted by atomic mass is 10.3. The Bertz CT molecular complexity index is 480. The molecule has 1 aromatic carbocycles. The van der Waals surface area contributed by atoms with Crippen LogP contribution in [-0.2, 0) is 10.0 Å². The fraction of sp³-hybridized carbons (Fsp3) is 0.571. The van der Waals surface area contributed by atoms with E-state index in [1.807, 2.05) is 6.92 Å². The van der Waals surface area contributed by atoms with E-state index in [1.54, 1.807) is 24.3 Å². The molecule has 20 heavy (non-hydrogen) atoms. The maximum atomic E-state index is 12.4. The van der Waals surface area contributed by atoms with Crippen molar-refractivity contribution < 1.29 is 13.5 Å². The van der Waals surface area contributed by atoms with Crippen molar-refractivity contribution in [2.24, 2.45) is 0 Å². The van der Waals surface area contributed by atoms with Crippen molar-refractivity contribution in [1.29, 1.82) is 0 Å². The molecule has 0 aliphatic carbocycles. The lowest BCUT2D eigenvalue weighted by Gasteiger charge is -2.20. The van der Waals surface area contributed by atoms with Crippen LogP contribution in [0.3, 0.4) is 0 Å². The second-order valence-corrected chi connectivity index (χ2v) is 6.52. The third-order valence-corrected chi connectivity index (χ3v) is 4.81. The van der Waals surface area contributed by atoms with Crippen LogP contribution in [0.25, 0.3) is 0 Å². The Balaban J connectivity index is 2.90. The average Bonchev–Trinajstić information content (AvgIpc) is 2.45. The lowest BCUT2D eigenvalue weighted by Crippen LogP contribution is -2.34. The van der Waals surface area contributed by atoms with Crippen molar-refractivity contribution in [3.63, 3.8) is 0 Å². The van der Waals surface area contributed by atoms with Crippen molar-refractivity contribution in [2.75, 3.05) is 31.6 Å². The van der Waals surface area contributed by atoms with Gasteiger partial charge in [0.2, 0.25) is 10.0 Å². The van der Waals surface area contributed by atoms with Crippen molar-refractivity contribution >= 4 is 15.7 Å². The standard InChI is InChI=1S/C14H24N2O3S/c1-3-9-15-13-5-7-14(8-6-13)20(18,19)16(10-4-2)11-12-17/h5-8,15,17H,3-4,9-12H2,1-2H3. The van der Waals surface area contributed by atoms with Gasteiger partial charge in [0.15, 0.2) is 0 Å². The zero-order valence-corrected chi connectivity index (χ0v) is 13.0. The highest BCUT2D eigenvalue weighted by Gasteiger charge is 2.22. The Kier molecular flexibility index (Phi) is 6.98. The molecule has 114 valence electrons. The highest BCUT2D eigenvalue weighted by Crippen LogP contribution is 2.18. The van der Waals surface area contributed by atoms with Crippen LogP contribution in [0.2, 0.25) is 0 Å². The summed E-state index contributed by atoms with van der Waals surface area (Å²) in [5.41, 5.74) is 0.912.